The lowest BCUT2D eigenvalue weighted by Gasteiger charge is -2.28. The third-order valence-corrected chi connectivity index (χ3v) is 7.41. The van der Waals surface area contributed by atoms with Crippen LogP contribution in [0, 0.1) is 5.82 Å². The van der Waals surface area contributed by atoms with Crippen molar-refractivity contribution in [3.05, 3.63) is 110 Å². The minimum absolute atomic E-state index is 0.00900. The second kappa shape index (κ2) is 11.0. The Labute approximate surface area is 233 Å². The van der Waals surface area contributed by atoms with Crippen molar-refractivity contribution >= 4 is 51.7 Å². The molecule has 1 atom stereocenters. The molecule has 1 aliphatic heterocycles. The minimum atomic E-state index is -0.832. The molecule has 1 aromatic heterocycles. The molecule has 0 spiro atoms. The Hall–Kier alpha value is -4.01. The number of halogens is 3. The SMILES string of the molecule is CC1=C(C(=O)Cc2ccc3[nH]ncc3c2)C(c2ccc(F)c(C(=O)NCc3c(Cl)cccc3Cl)c2)NC(=O)C1. The maximum atomic E-state index is 14.8. The average molecular weight is 565 g/mol. The summed E-state index contributed by atoms with van der Waals surface area (Å²) in [5.41, 5.74) is 3.39. The Bertz CT molecular complexity index is 1640. The highest BCUT2D eigenvalue weighted by Gasteiger charge is 2.31. The highest BCUT2D eigenvalue weighted by Crippen LogP contribution is 2.32. The number of aromatic nitrogens is 2. The van der Waals surface area contributed by atoms with Gasteiger partial charge in [-0.3, -0.25) is 19.5 Å². The molecule has 2 heterocycles. The summed E-state index contributed by atoms with van der Waals surface area (Å²) in [5, 5.41) is 14.0. The van der Waals surface area contributed by atoms with Crippen molar-refractivity contribution in [2.45, 2.75) is 32.4 Å². The van der Waals surface area contributed by atoms with Crippen molar-refractivity contribution < 1.29 is 18.8 Å². The van der Waals surface area contributed by atoms with E-state index in [1.807, 2.05) is 18.2 Å². The van der Waals surface area contributed by atoms with Crippen LogP contribution in [0.5, 0.6) is 0 Å². The molecule has 39 heavy (non-hydrogen) atoms. The first kappa shape index (κ1) is 26.6. The first-order chi connectivity index (χ1) is 18.7. The van der Waals surface area contributed by atoms with Gasteiger partial charge in [-0.1, -0.05) is 47.0 Å². The fraction of sp³-hybridized carbons (Fsp3) is 0.172. The fourth-order valence-electron chi connectivity index (χ4n) is 4.76. The van der Waals surface area contributed by atoms with Gasteiger partial charge in [0.2, 0.25) is 5.91 Å². The van der Waals surface area contributed by atoms with E-state index in [0.717, 1.165) is 22.5 Å². The highest BCUT2D eigenvalue weighted by molar-refractivity contribution is 6.36. The van der Waals surface area contributed by atoms with Crippen LogP contribution in [-0.4, -0.2) is 27.8 Å². The standard InChI is InChI=1S/C29H23Cl2FN4O3/c1-15-9-26(38)35-28(27(15)25(37)11-16-5-8-24-18(10-16)13-34-36-24)17-6-7-23(32)19(12-17)29(39)33-14-20-21(30)3-2-4-22(20)31/h2-8,10,12-13,28H,9,11,14H2,1H3,(H,33,39)(H,34,36)(H,35,38). The number of Topliss-reactive ketones (excluding diaryl/α,β-unsaturated/α-hetero) is 1. The summed E-state index contributed by atoms with van der Waals surface area (Å²) < 4.78 is 14.8. The number of nitrogens with one attached hydrogen (secondary N) is 3. The Morgan fingerprint density at radius 3 is 2.64 bits per heavy atom. The second-order valence-corrected chi connectivity index (χ2v) is 10.2. The molecule has 1 unspecified atom stereocenters. The molecule has 3 N–H and O–H groups in total. The molecule has 0 aliphatic carbocycles. The quantitative estimate of drug-likeness (QED) is 0.270. The fourth-order valence-corrected chi connectivity index (χ4v) is 5.29. The molecule has 7 nitrogen and oxygen atoms in total. The van der Waals surface area contributed by atoms with Crippen molar-refractivity contribution in [3.63, 3.8) is 0 Å². The average Bonchev–Trinajstić information content (AvgIpc) is 3.36. The molecular formula is C29H23Cl2FN4O3. The maximum Gasteiger partial charge on any atom is 0.254 e. The summed E-state index contributed by atoms with van der Waals surface area (Å²) in [4.78, 5) is 39.0. The number of nitrogens with zero attached hydrogens (tertiary/aromatic N) is 1. The van der Waals surface area contributed by atoms with Gasteiger partial charge in [0.15, 0.2) is 5.78 Å². The number of carbonyl (C=O) groups is 3. The number of ketones is 1. The van der Waals surface area contributed by atoms with E-state index in [-0.39, 0.29) is 36.6 Å². The van der Waals surface area contributed by atoms with Crippen LogP contribution in [0.15, 0.2) is 71.9 Å². The van der Waals surface area contributed by atoms with Crippen LogP contribution in [-0.2, 0) is 22.6 Å². The molecular weight excluding hydrogens is 542 g/mol. The number of benzene rings is 3. The number of aromatic amines is 1. The summed E-state index contributed by atoms with van der Waals surface area (Å²) in [6, 6.07) is 13.7. The van der Waals surface area contributed by atoms with Gasteiger partial charge in [-0.2, -0.15) is 5.10 Å². The third kappa shape index (κ3) is 5.57. The predicted molar refractivity (Wildman–Crippen MR) is 147 cm³/mol. The zero-order chi connectivity index (χ0) is 27.7. The molecule has 0 fully saturated rings. The number of rotatable bonds is 7. The normalized spacial score (nSPS) is 15.4. The molecule has 0 saturated carbocycles. The summed E-state index contributed by atoms with van der Waals surface area (Å²) in [5.74, 6) is -1.87. The lowest BCUT2D eigenvalue weighted by molar-refractivity contribution is -0.121. The van der Waals surface area contributed by atoms with Crippen molar-refractivity contribution in [2.75, 3.05) is 0 Å². The van der Waals surface area contributed by atoms with Crippen molar-refractivity contribution in [1.82, 2.24) is 20.8 Å². The summed E-state index contributed by atoms with van der Waals surface area (Å²) in [6.45, 7) is 1.73. The van der Waals surface area contributed by atoms with E-state index >= 15 is 0 Å². The molecule has 198 valence electrons. The van der Waals surface area contributed by atoms with Crippen molar-refractivity contribution in [2.24, 2.45) is 0 Å². The lowest BCUT2D eigenvalue weighted by Crippen LogP contribution is -2.37. The second-order valence-electron chi connectivity index (χ2n) is 9.39. The van der Waals surface area contributed by atoms with Gasteiger partial charge in [-0.05, 0) is 54.4 Å². The Morgan fingerprint density at radius 1 is 1.10 bits per heavy atom. The van der Waals surface area contributed by atoms with E-state index in [0.29, 0.717) is 32.3 Å². The molecule has 0 radical (unpaired) electrons. The van der Waals surface area contributed by atoms with Gasteiger partial charge in [0, 0.05) is 46.0 Å². The number of hydrogen-bond acceptors (Lipinski definition) is 4. The predicted octanol–water partition coefficient (Wildman–Crippen LogP) is 5.63. The van der Waals surface area contributed by atoms with Crippen LogP contribution < -0.4 is 10.6 Å². The zero-order valence-corrected chi connectivity index (χ0v) is 22.3. The molecule has 1 aliphatic rings. The van der Waals surface area contributed by atoms with Gasteiger partial charge in [-0.15, -0.1) is 0 Å². The molecule has 4 aromatic rings. The third-order valence-electron chi connectivity index (χ3n) is 6.70. The number of amides is 2. The van der Waals surface area contributed by atoms with Crippen molar-refractivity contribution in [3.8, 4) is 0 Å². The summed E-state index contributed by atoms with van der Waals surface area (Å²) in [7, 11) is 0. The molecule has 3 aromatic carbocycles. The van der Waals surface area contributed by atoms with Crippen LogP contribution in [0.3, 0.4) is 0 Å². The van der Waals surface area contributed by atoms with E-state index in [4.69, 9.17) is 23.2 Å². The van der Waals surface area contributed by atoms with E-state index in [1.54, 1.807) is 31.3 Å². The van der Waals surface area contributed by atoms with Gasteiger partial charge in [0.1, 0.15) is 5.82 Å². The maximum absolute atomic E-state index is 14.8. The zero-order valence-electron chi connectivity index (χ0n) is 20.8. The number of carbonyl (C=O) groups excluding carboxylic acids is 3. The topological polar surface area (TPSA) is 104 Å². The summed E-state index contributed by atoms with van der Waals surface area (Å²) >= 11 is 12.4. The van der Waals surface area contributed by atoms with Gasteiger partial charge < -0.3 is 10.6 Å². The lowest BCUT2D eigenvalue weighted by atomic mass is 9.85. The van der Waals surface area contributed by atoms with Crippen LogP contribution in [0.4, 0.5) is 4.39 Å². The van der Waals surface area contributed by atoms with Gasteiger partial charge in [0.05, 0.1) is 23.3 Å². The molecule has 0 bridgehead atoms. The largest absolute Gasteiger partial charge is 0.348 e. The van der Waals surface area contributed by atoms with Crippen LogP contribution in [0.2, 0.25) is 10.0 Å². The monoisotopic (exact) mass is 564 g/mol. The molecule has 5 rings (SSSR count). The van der Waals surface area contributed by atoms with E-state index in [2.05, 4.69) is 20.8 Å². The minimum Gasteiger partial charge on any atom is -0.348 e. The molecule has 2 amide bonds. The Morgan fingerprint density at radius 2 is 1.87 bits per heavy atom. The van der Waals surface area contributed by atoms with E-state index in [1.165, 1.54) is 12.1 Å². The van der Waals surface area contributed by atoms with E-state index < -0.39 is 17.8 Å². The Kier molecular flexibility index (Phi) is 7.50. The summed E-state index contributed by atoms with van der Waals surface area (Å²) in [6.07, 6.45) is 1.86. The van der Waals surface area contributed by atoms with Crippen LogP contribution in [0.1, 0.15) is 46.4 Å². The van der Waals surface area contributed by atoms with E-state index in [9.17, 15) is 18.8 Å². The van der Waals surface area contributed by atoms with Gasteiger partial charge in [-0.25, -0.2) is 4.39 Å². The first-order valence-corrected chi connectivity index (χ1v) is 12.9. The van der Waals surface area contributed by atoms with Crippen molar-refractivity contribution in [1.29, 1.82) is 0 Å². The van der Waals surface area contributed by atoms with Gasteiger partial charge >= 0.3 is 0 Å². The van der Waals surface area contributed by atoms with Crippen LogP contribution >= 0.6 is 23.2 Å². The number of hydrogen-bond donors (Lipinski definition) is 3. The number of H-pyrrole nitrogens is 1. The molecule has 10 heteroatoms. The van der Waals surface area contributed by atoms with Crippen LogP contribution in [0.25, 0.3) is 10.9 Å². The molecule has 0 saturated heterocycles. The van der Waals surface area contributed by atoms with Gasteiger partial charge in [0.25, 0.3) is 5.91 Å². The Balaban J connectivity index is 1.41. The smallest absolute Gasteiger partial charge is 0.254 e. The highest BCUT2D eigenvalue weighted by atomic mass is 35.5. The number of fused-ring (bicyclic) bond motifs is 1. The first-order valence-electron chi connectivity index (χ1n) is 12.2.